The highest BCUT2D eigenvalue weighted by molar-refractivity contribution is 7.85. The second-order valence-electron chi connectivity index (χ2n) is 9.02. The van der Waals surface area contributed by atoms with Crippen LogP contribution < -0.4 is 0 Å². The predicted octanol–water partition coefficient (Wildman–Crippen LogP) is 9.15. The van der Waals surface area contributed by atoms with Crippen LogP contribution in [0.2, 0.25) is 0 Å². The van der Waals surface area contributed by atoms with Crippen LogP contribution in [0, 0.1) is 27.7 Å². The van der Waals surface area contributed by atoms with E-state index in [-0.39, 0.29) is 4.90 Å². The molecule has 1 N–H and O–H groups in total. The Morgan fingerprint density at radius 2 is 1.00 bits per heavy atom. The summed E-state index contributed by atoms with van der Waals surface area (Å²) in [5, 5.41) is 6.74. The third-order valence-electron chi connectivity index (χ3n) is 6.50. The minimum atomic E-state index is -4.32. The Hall–Kier alpha value is -2.55. The van der Waals surface area contributed by atoms with Crippen LogP contribution in [-0.2, 0) is 10.1 Å². The van der Waals surface area contributed by atoms with Crippen molar-refractivity contribution in [2.45, 2.75) is 32.6 Å². The summed E-state index contributed by atoms with van der Waals surface area (Å²) < 4.78 is 33.9. The maximum absolute atomic E-state index is 12.0. The van der Waals surface area contributed by atoms with Gasteiger partial charge in [0, 0.05) is 31.3 Å². The van der Waals surface area contributed by atoms with E-state index in [2.05, 4.69) is 64.1 Å². The molecule has 0 fully saturated rings. The first-order valence-electron chi connectivity index (χ1n) is 11.2. The monoisotopic (exact) mass is 534 g/mol. The number of hydrogen-bond acceptors (Lipinski definition) is 5. The maximum Gasteiger partial charge on any atom is 0.294 e. The van der Waals surface area contributed by atoms with Crippen LogP contribution in [0.5, 0.6) is 0 Å². The Morgan fingerprint density at radius 1 is 0.543 bits per heavy atom. The van der Waals surface area contributed by atoms with Gasteiger partial charge in [0.2, 0.25) is 0 Å². The van der Waals surface area contributed by atoms with E-state index in [0.717, 1.165) is 25.4 Å². The standard InChI is InChI=1S/C28H22O3S4/c1-14-6-9-20-22(11-14)17(4)33-25(20)28-24-13-18(35(29,30)31)7-10-21(24)26(34-28)27-23-12-15(2)5-8-19(23)16(3)32-27/h5-13H,1-4H3,(H,29,30,31). The van der Waals surface area contributed by atoms with Gasteiger partial charge < -0.3 is 0 Å². The van der Waals surface area contributed by atoms with Crippen molar-refractivity contribution in [1.29, 1.82) is 0 Å². The molecular formula is C28H22O3S4. The highest BCUT2D eigenvalue weighted by Gasteiger charge is 2.23. The fourth-order valence-corrected chi connectivity index (χ4v) is 9.12. The topological polar surface area (TPSA) is 54.4 Å². The van der Waals surface area contributed by atoms with E-state index in [0.29, 0.717) is 0 Å². The highest BCUT2D eigenvalue weighted by Crippen LogP contribution is 2.52. The second kappa shape index (κ2) is 7.98. The van der Waals surface area contributed by atoms with E-state index >= 15 is 0 Å². The average Bonchev–Trinajstić information content (AvgIpc) is 3.44. The molecule has 7 heteroatoms. The molecule has 6 rings (SSSR count). The Balaban J connectivity index is 1.73. The van der Waals surface area contributed by atoms with Crippen molar-refractivity contribution >= 4 is 76.4 Å². The lowest BCUT2D eigenvalue weighted by molar-refractivity contribution is 0.483. The normalized spacial score (nSPS) is 12.4. The van der Waals surface area contributed by atoms with Gasteiger partial charge in [-0.1, -0.05) is 47.5 Å². The van der Waals surface area contributed by atoms with Gasteiger partial charge >= 0.3 is 0 Å². The first-order chi connectivity index (χ1) is 16.6. The second-order valence-corrected chi connectivity index (χ2v) is 13.9. The third-order valence-corrected chi connectivity index (χ3v) is 11.2. The molecule has 3 aromatic carbocycles. The zero-order valence-corrected chi connectivity index (χ0v) is 22.9. The number of rotatable bonds is 3. The van der Waals surface area contributed by atoms with E-state index in [1.165, 1.54) is 53.4 Å². The van der Waals surface area contributed by atoms with E-state index < -0.39 is 10.1 Å². The smallest absolute Gasteiger partial charge is 0.282 e. The van der Waals surface area contributed by atoms with Gasteiger partial charge in [-0.2, -0.15) is 8.42 Å². The first kappa shape index (κ1) is 22.9. The molecule has 3 nitrogen and oxygen atoms in total. The quantitative estimate of drug-likeness (QED) is 0.230. The maximum atomic E-state index is 12.0. The van der Waals surface area contributed by atoms with Gasteiger partial charge in [0.1, 0.15) is 0 Å². The molecule has 6 aromatic rings. The molecule has 176 valence electrons. The van der Waals surface area contributed by atoms with Crippen LogP contribution in [0.25, 0.3) is 51.8 Å². The number of benzene rings is 3. The number of fused-ring (bicyclic) bond motifs is 3. The summed E-state index contributed by atoms with van der Waals surface area (Å²) in [7, 11) is -4.32. The van der Waals surface area contributed by atoms with Crippen molar-refractivity contribution in [3.8, 4) is 19.5 Å². The molecule has 0 saturated heterocycles. The lowest BCUT2D eigenvalue weighted by Crippen LogP contribution is -1.97. The minimum Gasteiger partial charge on any atom is -0.282 e. The highest BCUT2D eigenvalue weighted by atomic mass is 32.2. The SMILES string of the molecule is Cc1ccc2c(-c3sc(-c4sc(C)c5ccc(C)cc45)c4ccc(S(=O)(=O)O)cc34)sc(C)c2c1. The number of hydrogen-bond donors (Lipinski definition) is 1. The first-order valence-corrected chi connectivity index (χ1v) is 15.0. The summed E-state index contributed by atoms with van der Waals surface area (Å²) in [6.07, 6.45) is 0. The van der Waals surface area contributed by atoms with Crippen molar-refractivity contribution in [2.24, 2.45) is 0 Å². The van der Waals surface area contributed by atoms with Crippen LogP contribution in [0.4, 0.5) is 0 Å². The van der Waals surface area contributed by atoms with Crippen molar-refractivity contribution in [3.63, 3.8) is 0 Å². The van der Waals surface area contributed by atoms with Gasteiger partial charge in [-0.25, -0.2) is 0 Å². The van der Waals surface area contributed by atoms with Gasteiger partial charge in [0.25, 0.3) is 10.1 Å². The predicted molar refractivity (Wildman–Crippen MR) is 152 cm³/mol. The summed E-state index contributed by atoms with van der Waals surface area (Å²) in [6.45, 7) is 8.49. The van der Waals surface area contributed by atoms with Crippen molar-refractivity contribution in [2.75, 3.05) is 0 Å². The summed E-state index contributed by atoms with van der Waals surface area (Å²) in [5.74, 6) is 0. The molecule has 0 aliphatic carbocycles. The molecule has 3 aromatic heterocycles. The van der Waals surface area contributed by atoms with Gasteiger partial charge in [-0.05, 0) is 56.7 Å². The fourth-order valence-electron chi connectivity index (χ4n) is 4.78. The minimum absolute atomic E-state index is 0.0768. The Labute approximate surface area is 216 Å². The summed E-state index contributed by atoms with van der Waals surface area (Å²) in [4.78, 5) is 6.94. The Morgan fingerprint density at radius 3 is 1.69 bits per heavy atom. The van der Waals surface area contributed by atoms with Crippen LogP contribution >= 0.6 is 34.0 Å². The van der Waals surface area contributed by atoms with Crippen molar-refractivity contribution < 1.29 is 13.0 Å². The molecule has 0 amide bonds. The third kappa shape index (κ3) is 3.65. The average molecular weight is 535 g/mol. The summed E-state index contributed by atoms with van der Waals surface area (Å²) >= 11 is 5.23. The Bertz CT molecular complexity index is 1920. The zero-order valence-electron chi connectivity index (χ0n) is 19.6. The van der Waals surface area contributed by atoms with Crippen LogP contribution in [0.3, 0.4) is 0 Å². The molecule has 0 saturated carbocycles. The molecule has 35 heavy (non-hydrogen) atoms. The summed E-state index contributed by atoms with van der Waals surface area (Å²) in [5.41, 5.74) is 2.42. The van der Waals surface area contributed by atoms with Crippen molar-refractivity contribution in [1.82, 2.24) is 0 Å². The van der Waals surface area contributed by atoms with E-state index in [1.54, 1.807) is 40.1 Å². The molecule has 0 spiro atoms. The lowest BCUT2D eigenvalue weighted by atomic mass is 10.0. The van der Waals surface area contributed by atoms with Gasteiger partial charge in [-0.3, -0.25) is 4.55 Å². The molecule has 0 bridgehead atoms. The Kier molecular flexibility index (Phi) is 5.22. The van der Waals surface area contributed by atoms with Crippen LogP contribution in [-0.4, -0.2) is 13.0 Å². The lowest BCUT2D eigenvalue weighted by Gasteiger charge is -2.02. The van der Waals surface area contributed by atoms with E-state index in [4.69, 9.17) is 0 Å². The van der Waals surface area contributed by atoms with Gasteiger partial charge in [0.05, 0.1) is 24.4 Å². The zero-order chi connectivity index (χ0) is 24.6. The van der Waals surface area contributed by atoms with Crippen LogP contribution in [0.15, 0.2) is 59.5 Å². The van der Waals surface area contributed by atoms with Crippen molar-refractivity contribution in [3.05, 3.63) is 75.5 Å². The van der Waals surface area contributed by atoms with E-state index in [1.807, 2.05) is 6.07 Å². The molecule has 0 aliphatic rings. The van der Waals surface area contributed by atoms with Gasteiger partial charge in [-0.15, -0.1) is 34.0 Å². The molecule has 3 heterocycles. The molecule has 0 radical (unpaired) electrons. The van der Waals surface area contributed by atoms with Gasteiger partial charge in [0.15, 0.2) is 0 Å². The number of aryl methyl sites for hydroxylation is 4. The fraction of sp³-hybridized carbons (Fsp3) is 0.143. The number of thiophene rings is 3. The molecule has 0 unspecified atom stereocenters. The van der Waals surface area contributed by atoms with E-state index in [9.17, 15) is 13.0 Å². The molecule has 0 atom stereocenters. The molecular weight excluding hydrogens is 513 g/mol. The largest absolute Gasteiger partial charge is 0.294 e. The summed E-state index contributed by atoms with van der Waals surface area (Å²) in [6, 6.07) is 18.0. The molecule has 0 aliphatic heterocycles. The van der Waals surface area contributed by atoms with Crippen LogP contribution in [0.1, 0.15) is 20.9 Å².